The van der Waals surface area contributed by atoms with Gasteiger partial charge < -0.3 is 19.5 Å². The van der Waals surface area contributed by atoms with Crippen LogP contribution in [0.1, 0.15) is 27.5 Å². The van der Waals surface area contributed by atoms with E-state index in [0.29, 0.717) is 17.1 Å². The molecule has 1 atom stereocenters. The third kappa shape index (κ3) is 2.55. The van der Waals surface area contributed by atoms with E-state index in [2.05, 4.69) is 15.1 Å². The molecule has 1 aromatic carbocycles. The lowest BCUT2D eigenvalue weighted by Gasteiger charge is -2.32. The normalized spacial score (nSPS) is 16.3. The van der Waals surface area contributed by atoms with Crippen molar-refractivity contribution in [1.29, 1.82) is 0 Å². The number of imidazole rings is 1. The van der Waals surface area contributed by atoms with E-state index in [1.54, 1.807) is 6.92 Å². The van der Waals surface area contributed by atoms with Crippen LogP contribution in [0.5, 0.6) is 0 Å². The summed E-state index contributed by atoms with van der Waals surface area (Å²) in [5, 5.41) is 13.6. The van der Waals surface area contributed by atoms with Gasteiger partial charge in [-0.1, -0.05) is 35.5 Å². The number of aromatic amines is 1. The summed E-state index contributed by atoms with van der Waals surface area (Å²) in [7, 11) is 0. The van der Waals surface area contributed by atoms with Gasteiger partial charge in [0.05, 0.1) is 24.3 Å². The molecule has 0 saturated carbocycles. The molecule has 0 unspecified atom stereocenters. The second kappa shape index (κ2) is 6.14. The minimum atomic E-state index is -1.07. The monoisotopic (exact) mass is 352 g/mol. The van der Waals surface area contributed by atoms with Crippen LogP contribution in [0, 0.1) is 6.92 Å². The summed E-state index contributed by atoms with van der Waals surface area (Å²) in [6.07, 6.45) is 1.67. The maximum Gasteiger partial charge on any atom is 0.326 e. The average molecular weight is 352 g/mol. The molecule has 0 saturated heterocycles. The van der Waals surface area contributed by atoms with Crippen LogP contribution < -0.4 is 0 Å². The molecule has 0 fully saturated rings. The van der Waals surface area contributed by atoms with Gasteiger partial charge in [0.15, 0.2) is 0 Å². The van der Waals surface area contributed by atoms with E-state index in [-0.39, 0.29) is 18.5 Å². The highest BCUT2D eigenvalue weighted by Crippen LogP contribution is 2.29. The van der Waals surface area contributed by atoms with Gasteiger partial charge in [0.1, 0.15) is 23.1 Å². The number of carboxylic acids is 1. The molecule has 2 N–H and O–H groups in total. The summed E-state index contributed by atoms with van der Waals surface area (Å²) in [4.78, 5) is 33.4. The zero-order chi connectivity index (χ0) is 18.3. The number of nitrogens with zero attached hydrogens (tertiary/aromatic N) is 3. The number of aromatic nitrogens is 3. The van der Waals surface area contributed by atoms with Gasteiger partial charge in [0.25, 0.3) is 5.91 Å². The molecule has 8 heteroatoms. The van der Waals surface area contributed by atoms with Crippen LogP contribution in [-0.2, 0) is 17.8 Å². The number of aliphatic carboxylic acids is 1. The van der Waals surface area contributed by atoms with Crippen LogP contribution in [0.2, 0.25) is 0 Å². The van der Waals surface area contributed by atoms with Gasteiger partial charge in [0, 0.05) is 12.0 Å². The van der Waals surface area contributed by atoms with Crippen molar-refractivity contribution >= 4 is 11.9 Å². The second-order valence-corrected chi connectivity index (χ2v) is 6.15. The number of hydrogen-bond acceptors (Lipinski definition) is 5. The molecular weight excluding hydrogens is 336 g/mol. The summed E-state index contributed by atoms with van der Waals surface area (Å²) in [5.41, 5.74) is 2.84. The van der Waals surface area contributed by atoms with Crippen molar-refractivity contribution in [2.75, 3.05) is 0 Å². The van der Waals surface area contributed by atoms with E-state index in [4.69, 9.17) is 4.52 Å². The lowest BCUT2D eigenvalue weighted by molar-refractivity contribution is -0.142. The summed E-state index contributed by atoms with van der Waals surface area (Å²) < 4.78 is 5.25. The van der Waals surface area contributed by atoms with Crippen LogP contribution in [0.15, 0.2) is 41.2 Å². The first kappa shape index (κ1) is 16.1. The van der Waals surface area contributed by atoms with Gasteiger partial charge >= 0.3 is 5.97 Å². The van der Waals surface area contributed by atoms with Crippen molar-refractivity contribution in [1.82, 2.24) is 20.0 Å². The molecule has 2 aromatic heterocycles. The third-order valence-corrected chi connectivity index (χ3v) is 4.57. The van der Waals surface area contributed by atoms with E-state index < -0.39 is 17.9 Å². The van der Waals surface area contributed by atoms with Gasteiger partial charge in [-0.2, -0.15) is 0 Å². The molecule has 1 aliphatic heterocycles. The molecular formula is C18H16N4O4. The predicted octanol–water partition coefficient (Wildman–Crippen LogP) is 2.02. The number of hydrogen-bond donors (Lipinski definition) is 2. The number of carboxylic acid groups (broad SMARTS) is 1. The van der Waals surface area contributed by atoms with Gasteiger partial charge in [-0.05, 0) is 6.92 Å². The third-order valence-electron chi connectivity index (χ3n) is 4.57. The Bertz CT molecular complexity index is 976. The fraction of sp³-hybridized carbons (Fsp3) is 0.222. The van der Waals surface area contributed by atoms with Gasteiger partial charge in [-0.3, -0.25) is 4.79 Å². The van der Waals surface area contributed by atoms with Crippen molar-refractivity contribution in [2.45, 2.75) is 25.9 Å². The number of nitrogens with one attached hydrogen (secondary N) is 1. The molecule has 0 spiro atoms. The van der Waals surface area contributed by atoms with E-state index in [9.17, 15) is 14.7 Å². The minimum Gasteiger partial charge on any atom is -0.480 e. The first-order chi connectivity index (χ1) is 12.6. The number of rotatable bonds is 3. The standard InChI is InChI=1S/C18H16N4O4/c1-10-15(16(21-26-10)11-5-3-2-4-6-11)17(23)22-8-13-12(19-9-20-13)7-14(22)18(24)25/h2-6,9,14H,7-8H2,1H3,(H,19,20)(H,24,25)/t14-/m0/s1. The van der Waals surface area contributed by atoms with Crippen LogP contribution >= 0.6 is 0 Å². The lowest BCUT2D eigenvalue weighted by Crippen LogP contribution is -2.48. The van der Waals surface area contributed by atoms with E-state index in [1.165, 1.54) is 11.2 Å². The molecule has 4 rings (SSSR count). The molecule has 1 aliphatic rings. The fourth-order valence-electron chi connectivity index (χ4n) is 3.23. The lowest BCUT2D eigenvalue weighted by atomic mass is 9.99. The number of benzene rings is 1. The minimum absolute atomic E-state index is 0.143. The van der Waals surface area contributed by atoms with Crippen LogP contribution in [0.4, 0.5) is 0 Å². The summed E-state index contributed by atoms with van der Waals surface area (Å²) in [5.74, 6) is -1.13. The Balaban J connectivity index is 1.76. The number of amides is 1. The predicted molar refractivity (Wildman–Crippen MR) is 90.3 cm³/mol. The van der Waals surface area contributed by atoms with E-state index in [1.807, 2.05) is 30.3 Å². The van der Waals surface area contributed by atoms with Crippen molar-refractivity contribution in [3.63, 3.8) is 0 Å². The molecule has 8 nitrogen and oxygen atoms in total. The van der Waals surface area contributed by atoms with Crippen molar-refractivity contribution in [3.05, 3.63) is 59.4 Å². The highest BCUT2D eigenvalue weighted by molar-refractivity contribution is 6.02. The highest BCUT2D eigenvalue weighted by Gasteiger charge is 2.38. The maximum atomic E-state index is 13.3. The number of fused-ring (bicyclic) bond motifs is 1. The molecule has 0 radical (unpaired) electrons. The Labute approximate surface area is 148 Å². The zero-order valence-corrected chi connectivity index (χ0v) is 14.0. The fourth-order valence-corrected chi connectivity index (χ4v) is 3.23. The molecule has 3 heterocycles. The van der Waals surface area contributed by atoms with Crippen LogP contribution in [0.3, 0.4) is 0 Å². The highest BCUT2D eigenvalue weighted by atomic mass is 16.5. The number of carbonyl (C=O) groups excluding carboxylic acids is 1. The Kier molecular flexibility index (Phi) is 3.80. The van der Waals surface area contributed by atoms with Crippen molar-refractivity contribution in [3.8, 4) is 11.3 Å². The molecule has 132 valence electrons. The maximum absolute atomic E-state index is 13.3. The number of H-pyrrole nitrogens is 1. The quantitative estimate of drug-likeness (QED) is 0.746. The first-order valence-electron chi connectivity index (χ1n) is 8.13. The zero-order valence-electron chi connectivity index (χ0n) is 14.0. The second-order valence-electron chi connectivity index (χ2n) is 6.15. The molecule has 0 bridgehead atoms. The largest absolute Gasteiger partial charge is 0.480 e. The SMILES string of the molecule is Cc1onc(-c2ccccc2)c1C(=O)N1Cc2[nH]cnc2C[C@H]1C(=O)O. The van der Waals surface area contributed by atoms with Crippen molar-refractivity contribution < 1.29 is 19.2 Å². The van der Waals surface area contributed by atoms with E-state index in [0.717, 1.165) is 11.3 Å². The van der Waals surface area contributed by atoms with Gasteiger partial charge in [-0.15, -0.1) is 0 Å². The Morgan fingerprint density at radius 1 is 1.31 bits per heavy atom. The molecule has 26 heavy (non-hydrogen) atoms. The molecule has 1 amide bonds. The van der Waals surface area contributed by atoms with E-state index >= 15 is 0 Å². The Morgan fingerprint density at radius 2 is 2.08 bits per heavy atom. The number of carbonyl (C=O) groups is 2. The summed E-state index contributed by atoms with van der Waals surface area (Å²) in [6, 6.07) is 8.20. The van der Waals surface area contributed by atoms with Gasteiger partial charge in [0.2, 0.25) is 0 Å². The molecule has 0 aliphatic carbocycles. The van der Waals surface area contributed by atoms with Crippen molar-refractivity contribution in [2.24, 2.45) is 0 Å². The summed E-state index contributed by atoms with van der Waals surface area (Å²) in [6.45, 7) is 1.79. The molecule has 3 aromatic rings. The Hall–Kier alpha value is -3.42. The number of aryl methyl sites for hydroxylation is 1. The Morgan fingerprint density at radius 3 is 2.81 bits per heavy atom. The first-order valence-corrected chi connectivity index (χ1v) is 8.13. The average Bonchev–Trinajstić information content (AvgIpc) is 3.26. The van der Waals surface area contributed by atoms with Crippen LogP contribution in [0.25, 0.3) is 11.3 Å². The van der Waals surface area contributed by atoms with Gasteiger partial charge in [-0.25, -0.2) is 9.78 Å². The smallest absolute Gasteiger partial charge is 0.326 e. The van der Waals surface area contributed by atoms with Crippen LogP contribution in [-0.4, -0.2) is 43.0 Å². The topological polar surface area (TPSA) is 112 Å². The summed E-state index contributed by atoms with van der Waals surface area (Å²) >= 11 is 0.